The zero-order valence-electron chi connectivity index (χ0n) is 6.41. The van der Waals surface area contributed by atoms with Crippen LogP contribution in [0.3, 0.4) is 0 Å². The third-order valence-electron chi connectivity index (χ3n) is 1.50. The van der Waals surface area contributed by atoms with Crippen molar-refractivity contribution < 1.29 is 25.8 Å². The molecule has 0 heterocycles. The maximum atomic E-state index is 11.7. The van der Waals surface area contributed by atoms with Crippen molar-refractivity contribution in [3.63, 3.8) is 0 Å². The SMILES string of the molecule is O=S(=O)(OC1C=CCC1)C(F)(F)F. The summed E-state index contributed by atoms with van der Waals surface area (Å²) >= 11 is 0. The summed E-state index contributed by atoms with van der Waals surface area (Å²) in [6.45, 7) is 0. The van der Waals surface area contributed by atoms with Gasteiger partial charge in [0.25, 0.3) is 0 Å². The monoisotopic (exact) mass is 216 g/mol. The van der Waals surface area contributed by atoms with E-state index < -0.39 is 21.7 Å². The van der Waals surface area contributed by atoms with Gasteiger partial charge >= 0.3 is 15.6 Å². The molecule has 0 N–H and O–H groups in total. The molecule has 1 atom stereocenters. The topological polar surface area (TPSA) is 43.4 Å². The van der Waals surface area contributed by atoms with Crippen molar-refractivity contribution in [2.75, 3.05) is 0 Å². The summed E-state index contributed by atoms with van der Waals surface area (Å²) in [6, 6.07) is 0. The lowest BCUT2D eigenvalue weighted by molar-refractivity contribution is -0.0559. The van der Waals surface area contributed by atoms with Crippen molar-refractivity contribution in [2.45, 2.75) is 24.5 Å². The lowest BCUT2D eigenvalue weighted by Gasteiger charge is -2.11. The lowest BCUT2D eigenvalue weighted by Crippen LogP contribution is -2.28. The van der Waals surface area contributed by atoms with E-state index in [9.17, 15) is 21.6 Å². The van der Waals surface area contributed by atoms with Gasteiger partial charge in [0.15, 0.2) is 0 Å². The molecule has 1 aliphatic rings. The van der Waals surface area contributed by atoms with E-state index in [1.807, 2.05) is 0 Å². The summed E-state index contributed by atoms with van der Waals surface area (Å²) in [7, 11) is -5.43. The normalized spacial score (nSPS) is 23.8. The maximum absolute atomic E-state index is 11.7. The molecule has 0 amide bonds. The van der Waals surface area contributed by atoms with Crippen molar-refractivity contribution in [1.82, 2.24) is 0 Å². The van der Waals surface area contributed by atoms with Crippen LogP contribution in [-0.2, 0) is 14.3 Å². The van der Waals surface area contributed by atoms with Crippen LogP contribution in [0.4, 0.5) is 13.2 Å². The van der Waals surface area contributed by atoms with Crippen LogP contribution in [0.2, 0.25) is 0 Å². The zero-order valence-corrected chi connectivity index (χ0v) is 7.23. The van der Waals surface area contributed by atoms with Crippen LogP contribution in [-0.4, -0.2) is 20.0 Å². The van der Waals surface area contributed by atoms with Crippen LogP contribution in [0.25, 0.3) is 0 Å². The fraction of sp³-hybridized carbons (Fsp3) is 0.667. The van der Waals surface area contributed by atoms with E-state index >= 15 is 0 Å². The Balaban J connectivity index is 2.68. The Morgan fingerprint density at radius 3 is 2.38 bits per heavy atom. The molecule has 76 valence electrons. The molecule has 1 unspecified atom stereocenters. The van der Waals surface area contributed by atoms with Crippen LogP contribution >= 0.6 is 0 Å². The molecule has 13 heavy (non-hydrogen) atoms. The number of rotatable bonds is 2. The standard InChI is InChI=1S/C6H7F3O3S/c7-6(8,9)13(10,11)12-5-3-1-2-4-5/h1,3,5H,2,4H2. The Morgan fingerprint density at radius 2 is 2.00 bits per heavy atom. The minimum Gasteiger partial charge on any atom is -0.256 e. The Morgan fingerprint density at radius 1 is 1.38 bits per heavy atom. The predicted molar refractivity (Wildman–Crippen MR) is 38.2 cm³/mol. The summed E-state index contributed by atoms with van der Waals surface area (Å²) in [5.74, 6) is 0. The van der Waals surface area contributed by atoms with Gasteiger partial charge < -0.3 is 0 Å². The highest BCUT2D eigenvalue weighted by atomic mass is 32.2. The maximum Gasteiger partial charge on any atom is 0.523 e. The molecule has 0 saturated carbocycles. The van der Waals surface area contributed by atoms with Crippen molar-refractivity contribution in [3.8, 4) is 0 Å². The summed E-state index contributed by atoms with van der Waals surface area (Å²) in [6.07, 6.45) is 2.74. The fourth-order valence-corrected chi connectivity index (χ4v) is 1.50. The molecule has 0 spiro atoms. The molecule has 0 aromatic rings. The summed E-state index contributed by atoms with van der Waals surface area (Å²) < 4.78 is 60.0. The molecular weight excluding hydrogens is 209 g/mol. The van der Waals surface area contributed by atoms with Crippen LogP contribution in [0.5, 0.6) is 0 Å². The van der Waals surface area contributed by atoms with Gasteiger partial charge in [0.05, 0.1) is 6.10 Å². The van der Waals surface area contributed by atoms with Crippen molar-refractivity contribution in [2.24, 2.45) is 0 Å². The number of hydrogen-bond donors (Lipinski definition) is 0. The molecule has 0 aromatic carbocycles. The molecule has 7 heteroatoms. The molecule has 0 bridgehead atoms. The molecule has 0 aromatic heterocycles. The minimum absolute atomic E-state index is 0.273. The highest BCUT2D eigenvalue weighted by Gasteiger charge is 2.48. The summed E-state index contributed by atoms with van der Waals surface area (Å²) in [4.78, 5) is 0. The first-order chi connectivity index (χ1) is 5.83. The first kappa shape index (κ1) is 10.5. The van der Waals surface area contributed by atoms with Gasteiger partial charge in [-0.05, 0) is 12.8 Å². The molecular formula is C6H7F3O3S. The fourth-order valence-electron chi connectivity index (χ4n) is 0.902. The van der Waals surface area contributed by atoms with Gasteiger partial charge in [-0.25, -0.2) is 0 Å². The van der Waals surface area contributed by atoms with E-state index in [1.54, 1.807) is 6.08 Å². The van der Waals surface area contributed by atoms with Gasteiger partial charge in [-0.1, -0.05) is 12.2 Å². The first-order valence-electron chi connectivity index (χ1n) is 3.49. The van der Waals surface area contributed by atoms with E-state index in [0.717, 1.165) is 0 Å². The second kappa shape index (κ2) is 3.30. The van der Waals surface area contributed by atoms with Crippen LogP contribution in [0.15, 0.2) is 12.2 Å². The second-order valence-electron chi connectivity index (χ2n) is 2.54. The lowest BCUT2D eigenvalue weighted by atomic mass is 10.3. The largest absolute Gasteiger partial charge is 0.523 e. The van der Waals surface area contributed by atoms with E-state index in [1.165, 1.54) is 6.08 Å². The highest BCUT2D eigenvalue weighted by Crippen LogP contribution is 2.27. The van der Waals surface area contributed by atoms with E-state index in [2.05, 4.69) is 4.18 Å². The Labute approximate surface area is 73.3 Å². The van der Waals surface area contributed by atoms with Gasteiger partial charge in [-0.3, -0.25) is 4.18 Å². The predicted octanol–water partition coefficient (Wildman–Crippen LogP) is 1.57. The average Bonchev–Trinajstić information content (AvgIpc) is 2.35. The van der Waals surface area contributed by atoms with Crippen LogP contribution in [0, 0.1) is 0 Å². The first-order valence-corrected chi connectivity index (χ1v) is 4.90. The van der Waals surface area contributed by atoms with E-state index in [-0.39, 0.29) is 6.42 Å². The van der Waals surface area contributed by atoms with Crippen molar-refractivity contribution in [3.05, 3.63) is 12.2 Å². The Kier molecular flexibility index (Phi) is 2.67. The Hall–Kier alpha value is -0.560. The Bertz CT molecular complexity index is 304. The van der Waals surface area contributed by atoms with E-state index in [4.69, 9.17) is 0 Å². The molecule has 0 radical (unpaired) electrons. The minimum atomic E-state index is -5.43. The summed E-state index contributed by atoms with van der Waals surface area (Å²) in [5, 5.41) is 0. The molecule has 0 fully saturated rings. The van der Waals surface area contributed by atoms with Crippen molar-refractivity contribution >= 4 is 10.1 Å². The van der Waals surface area contributed by atoms with Gasteiger partial charge in [-0.15, -0.1) is 0 Å². The van der Waals surface area contributed by atoms with E-state index in [0.29, 0.717) is 6.42 Å². The number of hydrogen-bond acceptors (Lipinski definition) is 3. The number of alkyl halides is 3. The molecule has 3 nitrogen and oxygen atoms in total. The number of allylic oxidation sites excluding steroid dienone is 1. The van der Waals surface area contributed by atoms with Gasteiger partial charge in [-0.2, -0.15) is 21.6 Å². The smallest absolute Gasteiger partial charge is 0.256 e. The average molecular weight is 216 g/mol. The van der Waals surface area contributed by atoms with Gasteiger partial charge in [0.1, 0.15) is 0 Å². The van der Waals surface area contributed by atoms with Gasteiger partial charge in [0.2, 0.25) is 0 Å². The molecule has 0 aliphatic heterocycles. The summed E-state index contributed by atoms with van der Waals surface area (Å²) in [5.41, 5.74) is -5.33. The zero-order chi connectivity index (χ0) is 10.1. The number of halogens is 3. The molecule has 1 rings (SSSR count). The highest BCUT2D eigenvalue weighted by molar-refractivity contribution is 7.87. The van der Waals surface area contributed by atoms with Crippen LogP contribution < -0.4 is 0 Å². The third kappa shape index (κ3) is 2.44. The molecule has 1 aliphatic carbocycles. The quantitative estimate of drug-likeness (QED) is 0.400. The third-order valence-corrected chi connectivity index (χ3v) is 2.57. The van der Waals surface area contributed by atoms with Crippen molar-refractivity contribution in [1.29, 1.82) is 0 Å². The van der Waals surface area contributed by atoms with Crippen LogP contribution in [0.1, 0.15) is 12.8 Å². The van der Waals surface area contributed by atoms with Gasteiger partial charge in [0, 0.05) is 0 Å². The molecule has 0 saturated heterocycles. The second-order valence-corrected chi connectivity index (χ2v) is 4.10.